The van der Waals surface area contributed by atoms with Crippen molar-refractivity contribution in [2.75, 3.05) is 6.54 Å². The van der Waals surface area contributed by atoms with E-state index in [0.717, 1.165) is 18.5 Å². The Morgan fingerprint density at radius 3 is 2.88 bits per heavy atom. The molecule has 1 aliphatic rings. The molecule has 0 aromatic heterocycles. The summed E-state index contributed by atoms with van der Waals surface area (Å²) in [4.78, 5) is 11.2. The Morgan fingerprint density at radius 1 is 1.44 bits per heavy atom. The van der Waals surface area contributed by atoms with Crippen molar-refractivity contribution in [3.05, 3.63) is 34.9 Å². The maximum atomic E-state index is 11.2. The van der Waals surface area contributed by atoms with E-state index in [9.17, 15) is 9.90 Å². The van der Waals surface area contributed by atoms with Crippen molar-refractivity contribution >= 4 is 17.6 Å². The lowest BCUT2D eigenvalue weighted by molar-refractivity contribution is -0.143. The summed E-state index contributed by atoms with van der Waals surface area (Å²) in [6, 6.07) is 7.26. The largest absolute Gasteiger partial charge is 0.481 e. The third kappa shape index (κ3) is 2.20. The van der Waals surface area contributed by atoms with Crippen LogP contribution in [0.15, 0.2) is 24.3 Å². The molecule has 0 amide bonds. The van der Waals surface area contributed by atoms with Crippen LogP contribution in [0.2, 0.25) is 5.02 Å². The second kappa shape index (κ2) is 4.85. The summed E-state index contributed by atoms with van der Waals surface area (Å²) in [5, 5.41) is 13.1. The van der Waals surface area contributed by atoms with Crippen molar-refractivity contribution in [2.45, 2.75) is 18.9 Å². The molecule has 1 aliphatic heterocycles. The summed E-state index contributed by atoms with van der Waals surface area (Å²) in [7, 11) is 0. The van der Waals surface area contributed by atoms with Gasteiger partial charge in [-0.1, -0.05) is 29.8 Å². The highest BCUT2D eigenvalue weighted by Crippen LogP contribution is 2.33. The van der Waals surface area contributed by atoms with E-state index in [-0.39, 0.29) is 12.0 Å². The van der Waals surface area contributed by atoms with Crippen LogP contribution in [0.25, 0.3) is 0 Å². The number of halogens is 1. The lowest BCUT2D eigenvalue weighted by Gasteiger charge is -2.30. The smallest absolute Gasteiger partial charge is 0.308 e. The van der Waals surface area contributed by atoms with Gasteiger partial charge in [0, 0.05) is 11.1 Å². The number of rotatable bonds is 2. The quantitative estimate of drug-likeness (QED) is 0.834. The van der Waals surface area contributed by atoms with E-state index in [1.807, 2.05) is 18.2 Å². The summed E-state index contributed by atoms with van der Waals surface area (Å²) in [6.07, 6.45) is 1.61. The van der Waals surface area contributed by atoms with Gasteiger partial charge in [-0.25, -0.2) is 0 Å². The lowest BCUT2D eigenvalue weighted by Crippen LogP contribution is -2.38. The molecule has 1 aromatic carbocycles. The monoisotopic (exact) mass is 239 g/mol. The van der Waals surface area contributed by atoms with Crippen molar-refractivity contribution in [3.63, 3.8) is 0 Å². The number of piperidine rings is 1. The van der Waals surface area contributed by atoms with E-state index in [0.29, 0.717) is 11.4 Å². The highest BCUT2D eigenvalue weighted by atomic mass is 35.5. The van der Waals surface area contributed by atoms with Crippen LogP contribution < -0.4 is 5.32 Å². The molecule has 1 heterocycles. The SMILES string of the molecule is O=C(O)C1CCCNC1c1ccccc1Cl. The van der Waals surface area contributed by atoms with Crippen molar-refractivity contribution in [3.8, 4) is 0 Å². The second-order valence-electron chi connectivity index (χ2n) is 4.04. The van der Waals surface area contributed by atoms with Gasteiger partial charge in [-0.3, -0.25) is 4.79 Å². The minimum atomic E-state index is -0.753. The molecule has 0 bridgehead atoms. The molecule has 86 valence electrons. The van der Waals surface area contributed by atoms with Crippen molar-refractivity contribution in [1.29, 1.82) is 0 Å². The van der Waals surface area contributed by atoms with Crippen LogP contribution in [-0.4, -0.2) is 17.6 Å². The maximum absolute atomic E-state index is 11.2. The zero-order chi connectivity index (χ0) is 11.5. The molecule has 0 saturated carbocycles. The Labute approximate surface area is 99.4 Å². The normalized spacial score (nSPS) is 25.3. The number of nitrogens with one attached hydrogen (secondary N) is 1. The summed E-state index contributed by atoms with van der Waals surface area (Å²) in [5.74, 6) is -1.13. The zero-order valence-electron chi connectivity index (χ0n) is 8.82. The predicted octanol–water partition coefficient (Wildman–Crippen LogP) is 2.47. The standard InChI is InChI=1S/C12H14ClNO2/c13-10-6-2-1-4-8(10)11-9(12(15)16)5-3-7-14-11/h1-2,4,6,9,11,14H,3,5,7H2,(H,15,16). The van der Waals surface area contributed by atoms with E-state index < -0.39 is 5.97 Å². The third-order valence-corrected chi connectivity index (χ3v) is 3.36. The van der Waals surface area contributed by atoms with Gasteiger partial charge in [-0.05, 0) is 31.0 Å². The molecule has 2 rings (SSSR count). The van der Waals surface area contributed by atoms with Crippen LogP contribution in [0.5, 0.6) is 0 Å². The van der Waals surface area contributed by atoms with Crippen LogP contribution in [0.3, 0.4) is 0 Å². The van der Waals surface area contributed by atoms with Crippen LogP contribution in [0.4, 0.5) is 0 Å². The molecular formula is C12H14ClNO2. The lowest BCUT2D eigenvalue weighted by atomic mass is 9.86. The average molecular weight is 240 g/mol. The fourth-order valence-electron chi connectivity index (χ4n) is 2.21. The first-order valence-corrected chi connectivity index (χ1v) is 5.78. The number of carbonyl (C=O) groups is 1. The van der Waals surface area contributed by atoms with E-state index in [1.54, 1.807) is 6.07 Å². The minimum Gasteiger partial charge on any atom is -0.481 e. The van der Waals surface area contributed by atoms with E-state index in [1.165, 1.54) is 0 Å². The number of carboxylic acid groups (broad SMARTS) is 1. The molecule has 0 aliphatic carbocycles. The minimum absolute atomic E-state index is 0.167. The van der Waals surface area contributed by atoms with Gasteiger partial charge >= 0.3 is 5.97 Å². The van der Waals surface area contributed by atoms with Crippen LogP contribution in [-0.2, 0) is 4.79 Å². The van der Waals surface area contributed by atoms with Gasteiger partial charge < -0.3 is 10.4 Å². The highest BCUT2D eigenvalue weighted by molar-refractivity contribution is 6.31. The molecule has 1 aromatic rings. The first kappa shape index (κ1) is 11.4. The number of aliphatic carboxylic acids is 1. The number of benzene rings is 1. The van der Waals surface area contributed by atoms with Gasteiger partial charge in [0.05, 0.1) is 5.92 Å². The summed E-state index contributed by atoms with van der Waals surface area (Å²) in [5.41, 5.74) is 0.885. The number of hydrogen-bond donors (Lipinski definition) is 2. The Morgan fingerprint density at radius 2 is 2.19 bits per heavy atom. The number of hydrogen-bond acceptors (Lipinski definition) is 2. The van der Waals surface area contributed by atoms with E-state index in [2.05, 4.69) is 5.32 Å². The topological polar surface area (TPSA) is 49.3 Å². The third-order valence-electron chi connectivity index (χ3n) is 3.02. The first-order valence-electron chi connectivity index (χ1n) is 5.41. The molecular weight excluding hydrogens is 226 g/mol. The number of carboxylic acids is 1. The van der Waals surface area contributed by atoms with Crippen molar-refractivity contribution in [1.82, 2.24) is 5.32 Å². The van der Waals surface area contributed by atoms with Gasteiger partial charge in [-0.2, -0.15) is 0 Å². The highest BCUT2D eigenvalue weighted by Gasteiger charge is 2.32. The molecule has 4 heteroatoms. The molecule has 1 saturated heterocycles. The Balaban J connectivity index is 2.30. The summed E-state index contributed by atoms with van der Waals surface area (Å²) < 4.78 is 0. The van der Waals surface area contributed by atoms with Crippen LogP contribution in [0.1, 0.15) is 24.4 Å². The predicted molar refractivity (Wildman–Crippen MR) is 62.6 cm³/mol. The van der Waals surface area contributed by atoms with Crippen molar-refractivity contribution in [2.24, 2.45) is 5.92 Å². The molecule has 0 radical (unpaired) electrons. The molecule has 1 fully saturated rings. The van der Waals surface area contributed by atoms with E-state index >= 15 is 0 Å². The van der Waals surface area contributed by atoms with Crippen LogP contribution >= 0.6 is 11.6 Å². The van der Waals surface area contributed by atoms with Crippen LogP contribution in [0, 0.1) is 5.92 Å². The zero-order valence-corrected chi connectivity index (χ0v) is 9.57. The van der Waals surface area contributed by atoms with E-state index in [4.69, 9.17) is 11.6 Å². The first-order chi connectivity index (χ1) is 7.70. The van der Waals surface area contributed by atoms with Crippen molar-refractivity contribution < 1.29 is 9.90 Å². The molecule has 2 atom stereocenters. The molecule has 3 nitrogen and oxygen atoms in total. The van der Waals surface area contributed by atoms with Gasteiger partial charge in [0.15, 0.2) is 0 Å². The van der Waals surface area contributed by atoms with Gasteiger partial charge in [0.25, 0.3) is 0 Å². The van der Waals surface area contributed by atoms with Gasteiger partial charge in [-0.15, -0.1) is 0 Å². The van der Waals surface area contributed by atoms with Gasteiger partial charge in [0.1, 0.15) is 0 Å². The average Bonchev–Trinajstić information content (AvgIpc) is 2.29. The maximum Gasteiger partial charge on any atom is 0.308 e. The molecule has 0 spiro atoms. The second-order valence-corrected chi connectivity index (χ2v) is 4.45. The fourth-order valence-corrected chi connectivity index (χ4v) is 2.46. The molecule has 2 unspecified atom stereocenters. The molecule has 16 heavy (non-hydrogen) atoms. The Hall–Kier alpha value is -1.06. The summed E-state index contributed by atoms with van der Waals surface area (Å²) in [6.45, 7) is 0.847. The summed E-state index contributed by atoms with van der Waals surface area (Å²) >= 11 is 6.09. The van der Waals surface area contributed by atoms with Gasteiger partial charge in [0.2, 0.25) is 0 Å². The Bertz CT molecular complexity index is 394. The molecule has 2 N–H and O–H groups in total. The Kier molecular flexibility index (Phi) is 3.46. The fraction of sp³-hybridized carbons (Fsp3) is 0.417.